The topological polar surface area (TPSA) is 243 Å². The van der Waals surface area contributed by atoms with Crippen molar-refractivity contribution in [3.63, 3.8) is 0 Å². The van der Waals surface area contributed by atoms with Crippen molar-refractivity contribution in [2.45, 2.75) is 106 Å². The molecule has 0 aromatic rings. The van der Waals surface area contributed by atoms with Crippen LogP contribution in [-0.2, 0) is 28.4 Å². The van der Waals surface area contributed by atoms with Crippen LogP contribution in [0.5, 0.6) is 0 Å². The van der Waals surface area contributed by atoms with Gasteiger partial charge in [0, 0.05) is 6.42 Å². The van der Waals surface area contributed by atoms with E-state index >= 15 is 0 Å². The maximum Gasteiger partial charge on any atom is 0.187 e. The summed E-state index contributed by atoms with van der Waals surface area (Å²) >= 11 is 0. The minimum Gasteiger partial charge on any atom is -0.394 e. The summed E-state index contributed by atoms with van der Waals surface area (Å²) in [7, 11) is 0. The third-order valence-corrected chi connectivity index (χ3v) is 6.55. The Hall–Kier alpha value is -0.600. The maximum atomic E-state index is 10.9. The predicted molar refractivity (Wildman–Crippen MR) is 116 cm³/mol. The van der Waals surface area contributed by atoms with Crippen LogP contribution in [0.15, 0.2) is 0 Å². The minimum absolute atomic E-state index is 0.116. The van der Waals surface area contributed by atoms with Gasteiger partial charge in [0.15, 0.2) is 18.9 Å². The largest absolute Gasteiger partial charge is 0.394 e. The highest BCUT2D eigenvalue weighted by Gasteiger charge is 2.53. The van der Waals surface area contributed by atoms with Crippen molar-refractivity contribution in [1.29, 1.82) is 0 Å². The second kappa shape index (κ2) is 13.5. The van der Waals surface area contributed by atoms with Gasteiger partial charge in [-0.2, -0.15) is 0 Å². The molecule has 15 heteroatoms. The van der Waals surface area contributed by atoms with E-state index in [0.29, 0.717) is 13.0 Å². The summed E-state index contributed by atoms with van der Waals surface area (Å²) < 4.78 is 34.2. The Balaban J connectivity index is 1.85. The Bertz CT molecular complexity index is 648. The quantitative estimate of drug-likeness (QED) is 0.120. The van der Waals surface area contributed by atoms with E-state index in [2.05, 4.69) is 0 Å². The van der Waals surface area contributed by atoms with E-state index in [-0.39, 0.29) is 13.0 Å². The Labute approximate surface area is 207 Å². The molecule has 0 amide bonds. The van der Waals surface area contributed by atoms with Gasteiger partial charge in [0.25, 0.3) is 0 Å². The van der Waals surface area contributed by atoms with Gasteiger partial charge in [-0.3, -0.25) is 0 Å². The van der Waals surface area contributed by atoms with Crippen LogP contribution in [0.3, 0.4) is 0 Å². The van der Waals surface area contributed by atoms with Crippen molar-refractivity contribution < 1.29 is 69.3 Å². The van der Waals surface area contributed by atoms with Crippen LogP contribution in [0, 0.1) is 0 Å². The molecular formula is C21H39NO14. The molecule has 3 heterocycles. The van der Waals surface area contributed by atoms with Crippen molar-refractivity contribution in [3.05, 3.63) is 0 Å². The Morgan fingerprint density at radius 3 is 2.00 bits per heavy atom. The zero-order valence-electron chi connectivity index (χ0n) is 19.9. The van der Waals surface area contributed by atoms with Gasteiger partial charge < -0.3 is 75.0 Å². The van der Waals surface area contributed by atoms with E-state index < -0.39 is 99.2 Å². The van der Waals surface area contributed by atoms with E-state index in [0.717, 1.165) is 0 Å². The fraction of sp³-hybridized carbons (Fsp3) is 1.00. The number of ether oxygens (including phenoxy) is 6. The number of hydrogen-bond donors (Lipinski definition) is 9. The van der Waals surface area contributed by atoms with Crippen molar-refractivity contribution >= 4 is 0 Å². The molecule has 36 heavy (non-hydrogen) atoms. The average molecular weight is 530 g/mol. The Kier molecular flexibility index (Phi) is 11.2. The van der Waals surface area contributed by atoms with Gasteiger partial charge in [-0.05, 0) is 19.9 Å². The van der Waals surface area contributed by atoms with Crippen molar-refractivity contribution in [2.75, 3.05) is 26.4 Å². The van der Waals surface area contributed by atoms with E-state index in [1.165, 1.54) is 6.92 Å². The molecule has 3 saturated heterocycles. The summed E-state index contributed by atoms with van der Waals surface area (Å²) in [5.74, 6) is 0. The van der Waals surface area contributed by atoms with Crippen LogP contribution in [-0.4, -0.2) is 153 Å². The van der Waals surface area contributed by atoms with Crippen LogP contribution in [0.2, 0.25) is 0 Å². The highest BCUT2D eigenvalue weighted by atomic mass is 16.8. The summed E-state index contributed by atoms with van der Waals surface area (Å²) in [5.41, 5.74) is 5.53. The number of rotatable bonds is 10. The van der Waals surface area contributed by atoms with Gasteiger partial charge in [-0.25, -0.2) is 0 Å². The first-order valence-electron chi connectivity index (χ1n) is 12.0. The molecule has 0 aromatic carbocycles. The molecule has 8 unspecified atom stereocenters. The van der Waals surface area contributed by atoms with Crippen molar-refractivity contribution in [3.8, 4) is 0 Å². The highest BCUT2D eigenvalue weighted by molar-refractivity contribution is 4.95. The first-order chi connectivity index (χ1) is 17.1. The Morgan fingerprint density at radius 2 is 1.39 bits per heavy atom. The molecule has 0 saturated carbocycles. The summed E-state index contributed by atoms with van der Waals surface area (Å²) in [6.07, 6.45) is -18.6. The standard InChI is InChI=1S/C21H39NO14/c1-8-13(26)9(25)5-12(32-8)35-19-18(15(28)11(7-24)34-21(19)31-4-2-3-22)36-20-17(30)16(29)14(27)10(6-23)33-20/h8-21,23-30H,2-7,22H2,1H3/t8?,9?,10?,11?,12-,13+,14-,15-,16?,17?,18?,19?,20+,21+/m0/s1. The van der Waals surface area contributed by atoms with Crippen molar-refractivity contribution in [2.24, 2.45) is 5.73 Å². The SMILES string of the molecule is CC1O[C@@H](OC2C(O[C@H]3OC(CO)[C@H](O)C(O)C3O)[C@@H](O)C(CO)O[C@H]2OCCCN)CC(O)[C@@H]1O. The van der Waals surface area contributed by atoms with E-state index in [1.807, 2.05) is 0 Å². The smallest absolute Gasteiger partial charge is 0.187 e. The molecule has 0 spiro atoms. The van der Waals surface area contributed by atoms with E-state index in [4.69, 9.17) is 34.2 Å². The number of hydrogen-bond acceptors (Lipinski definition) is 15. The monoisotopic (exact) mass is 529 g/mol. The lowest BCUT2D eigenvalue weighted by Gasteiger charge is -2.48. The molecular weight excluding hydrogens is 490 g/mol. The molecule has 0 aromatic heterocycles. The molecule has 10 N–H and O–H groups in total. The first-order valence-corrected chi connectivity index (χ1v) is 12.0. The second-order valence-corrected chi connectivity index (χ2v) is 9.19. The first kappa shape index (κ1) is 29.9. The summed E-state index contributed by atoms with van der Waals surface area (Å²) in [5, 5.41) is 80.9. The minimum atomic E-state index is -1.77. The molecule has 0 radical (unpaired) electrons. The third kappa shape index (κ3) is 6.69. The molecule has 3 rings (SSSR count). The van der Waals surface area contributed by atoms with E-state index in [1.54, 1.807) is 0 Å². The number of nitrogens with two attached hydrogens (primary N) is 1. The summed E-state index contributed by atoms with van der Waals surface area (Å²) in [6, 6.07) is 0. The normalized spacial score (nSPS) is 48.2. The molecule has 14 atom stereocenters. The third-order valence-electron chi connectivity index (χ3n) is 6.55. The van der Waals surface area contributed by atoms with Gasteiger partial charge in [0.1, 0.15) is 54.9 Å². The molecule has 212 valence electrons. The van der Waals surface area contributed by atoms with Crippen LogP contribution >= 0.6 is 0 Å². The lowest BCUT2D eigenvalue weighted by atomic mass is 9.96. The van der Waals surface area contributed by atoms with Gasteiger partial charge in [-0.1, -0.05) is 0 Å². The van der Waals surface area contributed by atoms with Crippen molar-refractivity contribution in [1.82, 2.24) is 0 Å². The van der Waals surface area contributed by atoms with Gasteiger partial charge >= 0.3 is 0 Å². The molecule has 0 bridgehead atoms. The van der Waals surface area contributed by atoms with Gasteiger partial charge in [0.2, 0.25) is 0 Å². The maximum absolute atomic E-state index is 10.9. The zero-order valence-corrected chi connectivity index (χ0v) is 19.9. The lowest BCUT2D eigenvalue weighted by molar-refractivity contribution is -0.382. The Morgan fingerprint density at radius 1 is 0.750 bits per heavy atom. The molecule has 15 nitrogen and oxygen atoms in total. The highest BCUT2D eigenvalue weighted by Crippen LogP contribution is 2.33. The summed E-state index contributed by atoms with van der Waals surface area (Å²) in [4.78, 5) is 0. The van der Waals surface area contributed by atoms with Crippen LogP contribution in [0.25, 0.3) is 0 Å². The summed E-state index contributed by atoms with van der Waals surface area (Å²) in [6.45, 7) is 0.628. The second-order valence-electron chi connectivity index (χ2n) is 9.19. The molecule has 3 fully saturated rings. The van der Waals surface area contributed by atoms with Gasteiger partial charge in [-0.15, -0.1) is 0 Å². The van der Waals surface area contributed by atoms with Crippen LogP contribution < -0.4 is 5.73 Å². The fourth-order valence-electron chi connectivity index (χ4n) is 4.38. The average Bonchev–Trinajstić information content (AvgIpc) is 2.85. The molecule has 3 aliphatic rings. The van der Waals surface area contributed by atoms with Crippen LogP contribution in [0.1, 0.15) is 19.8 Å². The lowest BCUT2D eigenvalue weighted by Crippen LogP contribution is -2.66. The fourth-order valence-corrected chi connectivity index (χ4v) is 4.38. The van der Waals surface area contributed by atoms with Crippen LogP contribution in [0.4, 0.5) is 0 Å². The van der Waals surface area contributed by atoms with Gasteiger partial charge in [0.05, 0.1) is 32.0 Å². The zero-order chi connectivity index (χ0) is 26.6. The number of aliphatic hydroxyl groups excluding tert-OH is 8. The predicted octanol–water partition coefficient (Wildman–Crippen LogP) is -5.14. The molecule has 0 aliphatic carbocycles. The number of aliphatic hydroxyl groups is 8. The van der Waals surface area contributed by atoms with E-state index in [9.17, 15) is 40.9 Å². The molecule has 3 aliphatic heterocycles.